The third-order valence-electron chi connectivity index (χ3n) is 4.61. The Hall–Kier alpha value is -3.26. The third-order valence-corrected chi connectivity index (χ3v) is 4.61. The number of rotatable bonds is 8. The van der Waals surface area contributed by atoms with Gasteiger partial charge < -0.3 is 16.0 Å². The molecule has 0 radical (unpaired) electrons. The maximum absolute atomic E-state index is 13.7. The van der Waals surface area contributed by atoms with E-state index >= 15 is 0 Å². The zero-order chi connectivity index (χ0) is 22.3. The maximum atomic E-state index is 13.7. The highest BCUT2D eigenvalue weighted by molar-refractivity contribution is 5.96. The summed E-state index contributed by atoms with van der Waals surface area (Å²) in [4.78, 5) is 37.7. The Kier molecular flexibility index (Phi) is 8.06. The van der Waals surface area contributed by atoms with E-state index in [0.717, 1.165) is 0 Å². The van der Waals surface area contributed by atoms with Gasteiger partial charge in [0.1, 0.15) is 5.82 Å². The Balaban J connectivity index is 1.93. The molecule has 3 N–H and O–H groups in total. The van der Waals surface area contributed by atoms with E-state index < -0.39 is 11.9 Å². The van der Waals surface area contributed by atoms with Crippen LogP contribution in [0.1, 0.15) is 26.3 Å². The molecule has 160 valence electrons. The molecule has 0 fully saturated rings. The Morgan fingerprint density at radius 1 is 0.967 bits per heavy atom. The minimum Gasteiger partial charge on any atom is -0.326 e. The minimum absolute atomic E-state index is 0.0147. The molecule has 3 amide bonds. The summed E-state index contributed by atoms with van der Waals surface area (Å²) in [6, 6.07) is 10.6. The molecule has 1 atom stereocenters. The van der Waals surface area contributed by atoms with Gasteiger partial charge in [-0.25, -0.2) is 4.39 Å². The smallest absolute Gasteiger partial charge is 0.241 e. The summed E-state index contributed by atoms with van der Waals surface area (Å²) in [6.07, 6.45) is 0. The summed E-state index contributed by atoms with van der Waals surface area (Å²) in [5.74, 6) is -1.17. The molecule has 2 aromatic carbocycles. The molecule has 7 nitrogen and oxygen atoms in total. The lowest BCUT2D eigenvalue weighted by Gasteiger charge is -2.26. The van der Waals surface area contributed by atoms with Gasteiger partial charge in [0.25, 0.3) is 0 Å². The van der Waals surface area contributed by atoms with Crippen molar-refractivity contribution in [2.75, 3.05) is 29.0 Å². The first-order valence-electron chi connectivity index (χ1n) is 9.68. The van der Waals surface area contributed by atoms with Crippen LogP contribution in [0.5, 0.6) is 0 Å². The Morgan fingerprint density at radius 2 is 1.53 bits per heavy atom. The monoisotopic (exact) mass is 414 g/mol. The Morgan fingerprint density at radius 3 is 2.07 bits per heavy atom. The zero-order valence-corrected chi connectivity index (χ0v) is 17.6. The summed E-state index contributed by atoms with van der Waals surface area (Å²) in [5, 5.41) is 8.10. The highest BCUT2D eigenvalue weighted by atomic mass is 19.1. The van der Waals surface area contributed by atoms with Crippen LogP contribution in [0.15, 0.2) is 42.5 Å². The van der Waals surface area contributed by atoms with Gasteiger partial charge in [0.15, 0.2) is 0 Å². The molecule has 0 bridgehead atoms. The number of hydrogen-bond donors (Lipinski definition) is 3. The van der Waals surface area contributed by atoms with Gasteiger partial charge in [0, 0.05) is 24.0 Å². The van der Waals surface area contributed by atoms with Crippen molar-refractivity contribution in [1.82, 2.24) is 4.90 Å². The van der Waals surface area contributed by atoms with E-state index in [-0.39, 0.29) is 24.3 Å². The second-order valence-corrected chi connectivity index (χ2v) is 7.00. The average Bonchev–Trinajstić information content (AvgIpc) is 2.69. The normalized spacial score (nSPS) is 11.7. The van der Waals surface area contributed by atoms with Crippen LogP contribution in [0.4, 0.5) is 21.5 Å². The van der Waals surface area contributed by atoms with Crippen LogP contribution in [-0.2, 0) is 14.4 Å². The van der Waals surface area contributed by atoms with Crippen LogP contribution in [-0.4, -0.2) is 41.8 Å². The lowest BCUT2D eigenvalue weighted by molar-refractivity contribution is -0.123. The van der Waals surface area contributed by atoms with Gasteiger partial charge >= 0.3 is 0 Å². The minimum atomic E-state index is -0.591. The zero-order valence-electron chi connectivity index (χ0n) is 17.6. The predicted octanol–water partition coefficient (Wildman–Crippen LogP) is 3.38. The Bertz CT molecular complexity index is 915. The number of hydrogen-bond acceptors (Lipinski definition) is 4. The molecule has 0 heterocycles. The number of halogens is 1. The lowest BCUT2D eigenvalue weighted by Crippen LogP contribution is -2.45. The molecule has 30 heavy (non-hydrogen) atoms. The molecular weight excluding hydrogens is 387 g/mol. The third kappa shape index (κ3) is 6.66. The molecule has 8 heteroatoms. The summed E-state index contributed by atoms with van der Waals surface area (Å²) in [5.41, 5.74) is 2.08. The number of nitrogens with zero attached hydrogens (tertiary/aromatic N) is 1. The van der Waals surface area contributed by atoms with Gasteiger partial charge in [0.2, 0.25) is 17.7 Å². The topological polar surface area (TPSA) is 90.5 Å². The summed E-state index contributed by atoms with van der Waals surface area (Å²) in [7, 11) is 0. The molecule has 2 aromatic rings. The lowest BCUT2D eigenvalue weighted by atomic mass is 10.2. The van der Waals surface area contributed by atoms with Gasteiger partial charge in [0.05, 0.1) is 12.6 Å². The van der Waals surface area contributed by atoms with Crippen LogP contribution in [0, 0.1) is 12.7 Å². The van der Waals surface area contributed by atoms with E-state index in [4.69, 9.17) is 0 Å². The number of carbonyl (C=O) groups excluding carboxylic acids is 3. The van der Waals surface area contributed by atoms with E-state index in [2.05, 4.69) is 16.0 Å². The van der Waals surface area contributed by atoms with Crippen LogP contribution in [0.2, 0.25) is 0 Å². The van der Waals surface area contributed by atoms with Crippen molar-refractivity contribution in [3.63, 3.8) is 0 Å². The number of anilines is 3. The highest BCUT2D eigenvalue weighted by Crippen LogP contribution is 2.15. The van der Waals surface area contributed by atoms with Crippen LogP contribution >= 0.6 is 0 Å². The van der Waals surface area contributed by atoms with E-state index in [9.17, 15) is 18.8 Å². The number of benzene rings is 2. The standard InChI is InChI=1S/C22H27FN4O3/c1-5-27(15(3)22(30)26-19-7-6-14(2)20(23)12-19)13-21(29)25-18-10-8-17(9-11-18)24-16(4)28/h6-12,15H,5,13H2,1-4H3,(H,24,28)(H,25,29)(H,26,30)/t15-/m0/s1. The van der Waals surface area contributed by atoms with Gasteiger partial charge in [-0.3, -0.25) is 19.3 Å². The fourth-order valence-corrected chi connectivity index (χ4v) is 2.83. The van der Waals surface area contributed by atoms with Crippen molar-refractivity contribution in [1.29, 1.82) is 0 Å². The van der Waals surface area contributed by atoms with Crippen LogP contribution in [0.25, 0.3) is 0 Å². The summed E-state index contributed by atoms with van der Waals surface area (Å²) < 4.78 is 13.7. The van der Waals surface area contributed by atoms with Gasteiger partial charge in [-0.1, -0.05) is 13.0 Å². The van der Waals surface area contributed by atoms with E-state index in [1.807, 2.05) is 6.92 Å². The molecule has 0 aliphatic rings. The number of nitrogens with one attached hydrogen (secondary N) is 3. The predicted molar refractivity (Wildman–Crippen MR) is 116 cm³/mol. The number of carbonyl (C=O) groups is 3. The van der Waals surface area contributed by atoms with Gasteiger partial charge in [-0.2, -0.15) is 0 Å². The van der Waals surface area contributed by atoms with Crippen LogP contribution in [0.3, 0.4) is 0 Å². The first-order chi connectivity index (χ1) is 14.2. The van der Waals surface area contributed by atoms with E-state index in [0.29, 0.717) is 29.2 Å². The molecule has 0 aromatic heterocycles. The first kappa shape index (κ1) is 23.0. The number of aryl methyl sites for hydroxylation is 1. The van der Waals surface area contributed by atoms with E-state index in [1.165, 1.54) is 13.0 Å². The van der Waals surface area contributed by atoms with Crippen LogP contribution < -0.4 is 16.0 Å². The molecule has 0 unspecified atom stereocenters. The van der Waals surface area contributed by atoms with E-state index in [1.54, 1.807) is 55.1 Å². The van der Waals surface area contributed by atoms with Crippen molar-refractivity contribution in [2.24, 2.45) is 0 Å². The van der Waals surface area contributed by atoms with Crippen molar-refractivity contribution >= 4 is 34.8 Å². The fourth-order valence-electron chi connectivity index (χ4n) is 2.83. The van der Waals surface area contributed by atoms with Gasteiger partial charge in [-0.15, -0.1) is 0 Å². The fraction of sp³-hybridized carbons (Fsp3) is 0.318. The average molecular weight is 414 g/mol. The SMILES string of the molecule is CCN(CC(=O)Nc1ccc(NC(C)=O)cc1)[C@@H](C)C(=O)Nc1ccc(C)c(F)c1. The van der Waals surface area contributed by atoms with Crippen molar-refractivity contribution in [3.05, 3.63) is 53.8 Å². The molecule has 0 spiro atoms. The summed E-state index contributed by atoms with van der Waals surface area (Å²) in [6.45, 7) is 7.10. The molecule has 0 saturated carbocycles. The molecule has 0 aliphatic carbocycles. The second kappa shape index (κ2) is 10.5. The molecular formula is C22H27FN4O3. The molecule has 0 saturated heterocycles. The number of amides is 3. The summed E-state index contributed by atoms with van der Waals surface area (Å²) >= 11 is 0. The highest BCUT2D eigenvalue weighted by Gasteiger charge is 2.22. The second-order valence-electron chi connectivity index (χ2n) is 7.00. The maximum Gasteiger partial charge on any atom is 0.241 e. The molecule has 0 aliphatic heterocycles. The molecule has 2 rings (SSSR count). The van der Waals surface area contributed by atoms with Crippen molar-refractivity contribution in [2.45, 2.75) is 33.7 Å². The Labute approximate surface area is 175 Å². The first-order valence-corrected chi connectivity index (χ1v) is 9.68. The van der Waals surface area contributed by atoms with Crippen molar-refractivity contribution < 1.29 is 18.8 Å². The van der Waals surface area contributed by atoms with Crippen molar-refractivity contribution in [3.8, 4) is 0 Å². The quantitative estimate of drug-likeness (QED) is 0.618. The van der Waals surface area contributed by atoms with Gasteiger partial charge in [-0.05, 0) is 62.4 Å². The largest absolute Gasteiger partial charge is 0.326 e. The number of likely N-dealkylation sites (N-methyl/N-ethyl adjacent to an activating group) is 1.